The van der Waals surface area contributed by atoms with Gasteiger partial charge in [0.05, 0.1) is 17.7 Å². The maximum atomic E-state index is 12.7. The van der Waals surface area contributed by atoms with Crippen LogP contribution in [0.5, 0.6) is 5.75 Å². The molecule has 0 saturated carbocycles. The van der Waals surface area contributed by atoms with E-state index in [0.717, 1.165) is 12.0 Å². The van der Waals surface area contributed by atoms with Gasteiger partial charge in [-0.15, -0.1) is 0 Å². The predicted octanol–water partition coefficient (Wildman–Crippen LogP) is 4.78. The Morgan fingerprint density at radius 2 is 1.83 bits per heavy atom. The van der Waals surface area contributed by atoms with Gasteiger partial charge >= 0.3 is 5.97 Å². The number of benzene rings is 2. The highest BCUT2D eigenvalue weighted by Gasteiger charge is 2.23. The molecule has 1 amide bonds. The van der Waals surface area contributed by atoms with Gasteiger partial charge in [-0.3, -0.25) is 4.79 Å². The zero-order valence-corrected chi connectivity index (χ0v) is 18.7. The van der Waals surface area contributed by atoms with Crippen LogP contribution < -0.4 is 10.1 Å². The third-order valence-corrected chi connectivity index (χ3v) is 4.93. The highest BCUT2D eigenvalue weighted by Crippen LogP contribution is 2.26. The molecule has 156 valence electrons. The largest absolute Gasteiger partial charge is 0.492 e. The van der Waals surface area contributed by atoms with Crippen LogP contribution in [-0.4, -0.2) is 31.1 Å². The molecule has 0 aliphatic carbocycles. The van der Waals surface area contributed by atoms with Crippen molar-refractivity contribution in [1.29, 1.82) is 0 Å². The van der Waals surface area contributed by atoms with Crippen molar-refractivity contribution >= 4 is 27.8 Å². The number of esters is 1. The zero-order chi connectivity index (χ0) is 21.2. The van der Waals surface area contributed by atoms with Crippen LogP contribution in [0.3, 0.4) is 0 Å². The molecule has 1 unspecified atom stereocenters. The Bertz CT molecular complexity index is 808. The van der Waals surface area contributed by atoms with E-state index in [-0.39, 0.29) is 12.5 Å². The number of carbonyl (C=O) groups is 2. The van der Waals surface area contributed by atoms with Gasteiger partial charge in [0.1, 0.15) is 11.8 Å². The topological polar surface area (TPSA) is 64.6 Å². The Morgan fingerprint density at radius 1 is 1.10 bits per heavy atom. The van der Waals surface area contributed by atoms with Gasteiger partial charge in [0, 0.05) is 12.0 Å². The molecule has 0 aromatic heterocycles. The fourth-order valence-corrected chi connectivity index (χ4v) is 3.18. The molecular weight excluding hydrogens is 434 g/mol. The summed E-state index contributed by atoms with van der Waals surface area (Å²) < 4.78 is 11.6. The SMILES string of the molecule is CCOC(=O)C(Cc1ccccc1)NC(=O)c1ccc(OCCC(C)C)c(Br)c1. The molecule has 0 fully saturated rings. The molecule has 0 aliphatic rings. The Morgan fingerprint density at radius 3 is 2.45 bits per heavy atom. The third kappa shape index (κ3) is 7.54. The maximum Gasteiger partial charge on any atom is 0.328 e. The van der Waals surface area contributed by atoms with E-state index in [2.05, 4.69) is 35.1 Å². The zero-order valence-electron chi connectivity index (χ0n) is 17.1. The van der Waals surface area contributed by atoms with Crippen molar-refractivity contribution in [3.05, 3.63) is 64.1 Å². The van der Waals surface area contributed by atoms with Gasteiger partial charge in [-0.25, -0.2) is 4.79 Å². The van der Waals surface area contributed by atoms with Crippen molar-refractivity contribution < 1.29 is 19.1 Å². The summed E-state index contributed by atoms with van der Waals surface area (Å²) in [5.74, 6) is 0.461. The first-order chi connectivity index (χ1) is 13.9. The van der Waals surface area contributed by atoms with E-state index in [1.54, 1.807) is 25.1 Å². The molecule has 6 heteroatoms. The van der Waals surface area contributed by atoms with E-state index in [1.807, 2.05) is 30.3 Å². The minimum Gasteiger partial charge on any atom is -0.492 e. The van der Waals surface area contributed by atoms with E-state index in [1.165, 1.54) is 0 Å². The average molecular weight is 462 g/mol. The molecule has 1 atom stereocenters. The number of hydrogen-bond acceptors (Lipinski definition) is 4. The van der Waals surface area contributed by atoms with E-state index in [0.29, 0.717) is 34.7 Å². The van der Waals surface area contributed by atoms with Gasteiger partial charge in [0.25, 0.3) is 5.91 Å². The van der Waals surface area contributed by atoms with Gasteiger partial charge in [-0.2, -0.15) is 0 Å². The standard InChI is InChI=1S/C23H28BrNO4/c1-4-28-23(27)20(14-17-8-6-5-7-9-17)25-22(26)18-10-11-21(19(24)15-18)29-13-12-16(2)3/h5-11,15-16,20H,4,12-14H2,1-3H3,(H,25,26). The lowest BCUT2D eigenvalue weighted by Gasteiger charge is -2.18. The van der Waals surface area contributed by atoms with Crippen LogP contribution >= 0.6 is 15.9 Å². The van der Waals surface area contributed by atoms with E-state index >= 15 is 0 Å². The molecule has 0 radical (unpaired) electrons. The molecule has 0 aliphatic heterocycles. The Kier molecular flexibility index (Phi) is 9.19. The minimum absolute atomic E-state index is 0.258. The predicted molar refractivity (Wildman–Crippen MR) is 117 cm³/mol. The molecule has 2 rings (SSSR count). The fourth-order valence-electron chi connectivity index (χ4n) is 2.69. The molecule has 0 bridgehead atoms. The molecule has 0 heterocycles. The molecule has 0 spiro atoms. The second kappa shape index (κ2) is 11.6. The second-order valence-electron chi connectivity index (χ2n) is 7.14. The van der Waals surface area contributed by atoms with Gasteiger partial charge in [0.15, 0.2) is 0 Å². The number of amides is 1. The maximum absolute atomic E-state index is 12.7. The van der Waals surface area contributed by atoms with Crippen molar-refractivity contribution in [2.75, 3.05) is 13.2 Å². The summed E-state index contributed by atoms with van der Waals surface area (Å²) in [7, 11) is 0. The van der Waals surface area contributed by atoms with Crippen molar-refractivity contribution in [2.45, 2.75) is 39.7 Å². The van der Waals surface area contributed by atoms with Gasteiger partial charge < -0.3 is 14.8 Å². The normalized spacial score (nSPS) is 11.8. The van der Waals surface area contributed by atoms with Gasteiger partial charge in [-0.05, 0) is 59.0 Å². The van der Waals surface area contributed by atoms with Crippen LogP contribution in [-0.2, 0) is 16.0 Å². The van der Waals surface area contributed by atoms with E-state index in [4.69, 9.17) is 9.47 Å². The van der Waals surface area contributed by atoms with Crippen LogP contribution in [0.1, 0.15) is 43.1 Å². The molecule has 1 N–H and O–H groups in total. The highest BCUT2D eigenvalue weighted by molar-refractivity contribution is 9.10. The monoisotopic (exact) mass is 461 g/mol. The molecule has 2 aromatic rings. The number of halogens is 1. The molecular formula is C23H28BrNO4. The second-order valence-corrected chi connectivity index (χ2v) is 8.00. The van der Waals surface area contributed by atoms with Gasteiger partial charge in [0.2, 0.25) is 0 Å². The molecule has 0 saturated heterocycles. The van der Waals surface area contributed by atoms with Crippen molar-refractivity contribution in [1.82, 2.24) is 5.32 Å². The first-order valence-corrected chi connectivity index (χ1v) is 10.6. The number of ether oxygens (including phenoxy) is 2. The summed E-state index contributed by atoms with van der Waals surface area (Å²) in [5, 5.41) is 2.80. The lowest BCUT2D eigenvalue weighted by atomic mass is 10.1. The first kappa shape index (κ1) is 22.9. The summed E-state index contributed by atoms with van der Waals surface area (Å²) in [5.41, 5.74) is 1.39. The Labute approximate surface area is 180 Å². The lowest BCUT2D eigenvalue weighted by molar-refractivity contribution is -0.145. The average Bonchev–Trinajstić information content (AvgIpc) is 2.69. The van der Waals surface area contributed by atoms with E-state index in [9.17, 15) is 9.59 Å². The summed E-state index contributed by atoms with van der Waals surface area (Å²) >= 11 is 3.46. The van der Waals surface area contributed by atoms with Crippen molar-refractivity contribution in [3.63, 3.8) is 0 Å². The molecule has 29 heavy (non-hydrogen) atoms. The van der Waals surface area contributed by atoms with Crippen LogP contribution in [0.15, 0.2) is 53.0 Å². The number of hydrogen-bond donors (Lipinski definition) is 1. The highest BCUT2D eigenvalue weighted by atomic mass is 79.9. The molecule has 5 nitrogen and oxygen atoms in total. The van der Waals surface area contributed by atoms with Crippen LogP contribution in [0.25, 0.3) is 0 Å². The third-order valence-electron chi connectivity index (χ3n) is 4.31. The minimum atomic E-state index is -0.759. The number of nitrogens with one attached hydrogen (secondary N) is 1. The van der Waals surface area contributed by atoms with E-state index < -0.39 is 12.0 Å². The number of rotatable bonds is 10. The van der Waals surface area contributed by atoms with Crippen LogP contribution in [0.2, 0.25) is 0 Å². The van der Waals surface area contributed by atoms with Crippen molar-refractivity contribution in [3.8, 4) is 5.75 Å². The summed E-state index contributed by atoms with van der Waals surface area (Å²) in [6, 6.07) is 13.9. The molecule has 2 aromatic carbocycles. The summed E-state index contributed by atoms with van der Waals surface area (Å²) in [4.78, 5) is 25.1. The van der Waals surface area contributed by atoms with Gasteiger partial charge in [-0.1, -0.05) is 44.2 Å². The number of carbonyl (C=O) groups excluding carboxylic acids is 2. The van der Waals surface area contributed by atoms with Crippen LogP contribution in [0, 0.1) is 5.92 Å². The smallest absolute Gasteiger partial charge is 0.328 e. The van der Waals surface area contributed by atoms with Crippen molar-refractivity contribution in [2.24, 2.45) is 5.92 Å². The lowest BCUT2D eigenvalue weighted by Crippen LogP contribution is -2.43. The summed E-state index contributed by atoms with van der Waals surface area (Å²) in [6.45, 7) is 6.90. The van der Waals surface area contributed by atoms with Crippen LogP contribution in [0.4, 0.5) is 0 Å². The quantitative estimate of drug-likeness (QED) is 0.517. The fraction of sp³-hybridized carbons (Fsp3) is 0.391. The first-order valence-electron chi connectivity index (χ1n) is 9.84. The Balaban J connectivity index is 2.07. The summed E-state index contributed by atoms with van der Waals surface area (Å²) in [6.07, 6.45) is 1.32. The Hall–Kier alpha value is -2.34.